The van der Waals surface area contributed by atoms with Crippen molar-refractivity contribution in [3.05, 3.63) is 0 Å². The minimum Gasteiger partial charge on any atom is -0.460 e. The van der Waals surface area contributed by atoms with Crippen LogP contribution >= 0.6 is 0 Å². The molecule has 0 aromatic heterocycles. The van der Waals surface area contributed by atoms with E-state index in [1.807, 2.05) is 0 Å². The first-order chi connectivity index (χ1) is 5.45. The van der Waals surface area contributed by atoms with Gasteiger partial charge in [-0.1, -0.05) is 0 Å². The number of hydrogen-bond donors (Lipinski definition) is 0. The zero-order valence-corrected chi connectivity index (χ0v) is 7.42. The molecule has 0 saturated heterocycles. The van der Waals surface area contributed by atoms with Crippen molar-refractivity contribution in [1.29, 1.82) is 0 Å². The van der Waals surface area contributed by atoms with Gasteiger partial charge in [0.15, 0.2) is 0 Å². The zero-order chi connectivity index (χ0) is 9.78. The van der Waals surface area contributed by atoms with Gasteiger partial charge in [-0.15, -0.1) is 0 Å². The second kappa shape index (κ2) is 3.99. The fourth-order valence-corrected chi connectivity index (χ4v) is 0.513. The Labute approximate surface area is 70.9 Å². The number of hydrogen-bond acceptors (Lipinski definition) is 4. The van der Waals surface area contributed by atoms with Gasteiger partial charge >= 0.3 is 5.97 Å². The van der Waals surface area contributed by atoms with Crippen LogP contribution in [0, 0.1) is 5.41 Å². The topological polar surface area (TPSA) is 60.4 Å². The van der Waals surface area contributed by atoms with Crippen molar-refractivity contribution < 1.29 is 19.1 Å². The Hall–Kier alpha value is -1.19. The fraction of sp³-hybridized carbons (Fsp3) is 0.625. The highest BCUT2D eigenvalue weighted by Crippen LogP contribution is 2.13. The van der Waals surface area contributed by atoms with Gasteiger partial charge in [-0.2, -0.15) is 0 Å². The van der Waals surface area contributed by atoms with Crippen LogP contribution in [0.1, 0.15) is 20.8 Å². The maximum atomic E-state index is 11.1. The second-order valence-electron chi connectivity index (χ2n) is 2.89. The number of aldehydes is 1. The number of esters is 1. The highest BCUT2D eigenvalue weighted by molar-refractivity contribution is 6.38. The molecule has 12 heavy (non-hydrogen) atoms. The van der Waals surface area contributed by atoms with Gasteiger partial charge in [-0.05, 0) is 20.8 Å². The lowest BCUT2D eigenvalue weighted by Gasteiger charge is -2.12. The van der Waals surface area contributed by atoms with E-state index in [0.29, 0.717) is 6.29 Å². The van der Waals surface area contributed by atoms with E-state index in [1.165, 1.54) is 13.8 Å². The average molecular weight is 172 g/mol. The van der Waals surface area contributed by atoms with E-state index in [2.05, 4.69) is 4.74 Å². The molecule has 4 nitrogen and oxygen atoms in total. The van der Waals surface area contributed by atoms with Gasteiger partial charge in [0, 0.05) is 0 Å². The summed E-state index contributed by atoms with van der Waals surface area (Å²) >= 11 is 0. The molecule has 0 N–H and O–H groups in total. The van der Waals surface area contributed by atoms with Crippen LogP contribution in [0.25, 0.3) is 0 Å². The van der Waals surface area contributed by atoms with Crippen molar-refractivity contribution in [1.82, 2.24) is 0 Å². The number of Topliss-reactive ketones (excluding diaryl/α,β-unsaturated/α-hetero) is 1. The molecule has 0 aliphatic carbocycles. The molecular weight excluding hydrogens is 160 g/mol. The molecule has 0 radical (unpaired) electrons. The first kappa shape index (κ1) is 10.8. The summed E-state index contributed by atoms with van der Waals surface area (Å²) < 4.78 is 4.44. The van der Waals surface area contributed by atoms with Crippen LogP contribution in [-0.4, -0.2) is 24.6 Å². The highest BCUT2D eigenvalue weighted by atomic mass is 16.5. The monoisotopic (exact) mass is 172 g/mol. The molecule has 0 saturated carbocycles. The third kappa shape index (κ3) is 2.45. The summed E-state index contributed by atoms with van der Waals surface area (Å²) in [4.78, 5) is 32.2. The number of ether oxygens (including phenoxy) is 1. The molecule has 0 aromatic carbocycles. The summed E-state index contributed by atoms with van der Waals surface area (Å²) in [7, 11) is 0. The van der Waals surface area contributed by atoms with Crippen LogP contribution in [0.3, 0.4) is 0 Å². The smallest absolute Gasteiger partial charge is 0.375 e. The molecule has 0 unspecified atom stereocenters. The molecule has 0 fully saturated rings. The number of ketones is 1. The van der Waals surface area contributed by atoms with Crippen LogP contribution in [0.5, 0.6) is 0 Å². The Morgan fingerprint density at radius 3 is 2.25 bits per heavy atom. The summed E-state index contributed by atoms with van der Waals surface area (Å²) in [6.45, 7) is 4.48. The standard InChI is InChI=1S/C8H12O4/c1-4-12-7(11)6(10)8(2,3)5-9/h5H,4H2,1-3H3. The van der Waals surface area contributed by atoms with E-state index in [9.17, 15) is 14.4 Å². The molecule has 68 valence electrons. The maximum Gasteiger partial charge on any atom is 0.375 e. The number of carbonyl (C=O) groups is 3. The van der Waals surface area contributed by atoms with E-state index in [-0.39, 0.29) is 6.61 Å². The molecule has 0 amide bonds. The van der Waals surface area contributed by atoms with Crippen LogP contribution in [-0.2, 0) is 19.1 Å². The van der Waals surface area contributed by atoms with E-state index < -0.39 is 17.2 Å². The van der Waals surface area contributed by atoms with Gasteiger partial charge in [0.25, 0.3) is 5.78 Å². The summed E-state index contributed by atoms with van der Waals surface area (Å²) in [6.07, 6.45) is 0.437. The predicted molar refractivity (Wildman–Crippen MR) is 41.5 cm³/mol. The molecule has 0 bridgehead atoms. The van der Waals surface area contributed by atoms with Crippen LogP contribution in [0.4, 0.5) is 0 Å². The Kier molecular flexibility index (Phi) is 3.60. The van der Waals surface area contributed by atoms with Crippen LogP contribution in [0.15, 0.2) is 0 Å². The largest absolute Gasteiger partial charge is 0.460 e. The molecule has 0 aliphatic heterocycles. The lowest BCUT2D eigenvalue weighted by molar-refractivity contribution is -0.158. The van der Waals surface area contributed by atoms with Crippen LogP contribution < -0.4 is 0 Å². The lowest BCUT2D eigenvalue weighted by atomic mass is 9.90. The summed E-state index contributed by atoms with van der Waals surface area (Å²) in [5.74, 6) is -1.76. The number of carbonyl (C=O) groups excluding carboxylic acids is 3. The molecule has 0 heterocycles. The average Bonchev–Trinajstić information content (AvgIpc) is 2.03. The second-order valence-corrected chi connectivity index (χ2v) is 2.89. The quantitative estimate of drug-likeness (QED) is 0.265. The minimum atomic E-state index is -1.27. The molecule has 0 spiro atoms. The molecule has 4 heteroatoms. The Morgan fingerprint density at radius 2 is 1.92 bits per heavy atom. The van der Waals surface area contributed by atoms with E-state index in [1.54, 1.807) is 6.92 Å². The predicted octanol–water partition coefficient (Wildman–Crippen LogP) is 0.344. The van der Waals surface area contributed by atoms with Gasteiger partial charge in [-0.3, -0.25) is 4.79 Å². The molecule has 0 rings (SSSR count). The molecular formula is C8H12O4. The van der Waals surface area contributed by atoms with Crippen molar-refractivity contribution in [2.75, 3.05) is 6.61 Å². The molecule has 0 atom stereocenters. The van der Waals surface area contributed by atoms with Crippen molar-refractivity contribution in [3.8, 4) is 0 Å². The van der Waals surface area contributed by atoms with Gasteiger partial charge in [0.2, 0.25) is 0 Å². The number of rotatable bonds is 4. The SMILES string of the molecule is CCOC(=O)C(=O)C(C)(C)C=O. The third-order valence-corrected chi connectivity index (χ3v) is 1.34. The first-order valence-electron chi connectivity index (χ1n) is 3.63. The highest BCUT2D eigenvalue weighted by Gasteiger charge is 2.33. The normalized spacial score (nSPS) is 10.6. The minimum absolute atomic E-state index is 0.138. The molecule has 0 aromatic rings. The van der Waals surface area contributed by atoms with Crippen molar-refractivity contribution >= 4 is 18.0 Å². The van der Waals surface area contributed by atoms with Crippen molar-refractivity contribution in [2.45, 2.75) is 20.8 Å². The van der Waals surface area contributed by atoms with E-state index >= 15 is 0 Å². The zero-order valence-electron chi connectivity index (χ0n) is 7.42. The van der Waals surface area contributed by atoms with Crippen LogP contribution in [0.2, 0.25) is 0 Å². The summed E-state index contributed by atoms with van der Waals surface area (Å²) in [5.41, 5.74) is -1.27. The van der Waals surface area contributed by atoms with Gasteiger partial charge in [-0.25, -0.2) is 4.79 Å². The fourth-order valence-electron chi connectivity index (χ4n) is 0.513. The molecule has 0 aliphatic rings. The van der Waals surface area contributed by atoms with E-state index in [4.69, 9.17) is 0 Å². The van der Waals surface area contributed by atoms with Gasteiger partial charge in [0.05, 0.1) is 12.0 Å². The van der Waals surface area contributed by atoms with Gasteiger partial charge in [0.1, 0.15) is 6.29 Å². The van der Waals surface area contributed by atoms with Crippen molar-refractivity contribution in [3.63, 3.8) is 0 Å². The Bertz CT molecular complexity index is 205. The lowest BCUT2D eigenvalue weighted by Crippen LogP contribution is -2.33. The Morgan fingerprint density at radius 1 is 1.42 bits per heavy atom. The summed E-state index contributed by atoms with van der Waals surface area (Å²) in [6, 6.07) is 0. The van der Waals surface area contributed by atoms with E-state index in [0.717, 1.165) is 0 Å². The summed E-state index contributed by atoms with van der Waals surface area (Å²) in [5, 5.41) is 0. The maximum absolute atomic E-state index is 11.1. The van der Waals surface area contributed by atoms with Gasteiger partial charge < -0.3 is 9.53 Å². The first-order valence-corrected chi connectivity index (χ1v) is 3.63. The third-order valence-electron chi connectivity index (χ3n) is 1.34. The van der Waals surface area contributed by atoms with Crippen molar-refractivity contribution in [2.24, 2.45) is 5.41 Å². The Balaban J connectivity index is 4.39.